The van der Waals surface area contributed by atoms with Crippen LogP contribution in [0.3, 0.4) is 0 Å². The Balaban J connectivity index is 2.55. The smallest absolute Gasteiger partial charge is 0.256 e. The number of hydrogen-bond acceptors (Lipinski definition) is 7. The molecule has 0 fully saturated rings. The van der Waals surface area contributed by atoms with Crippen LogP contribution in [0.15, 0.2) is 58.3 Å². The second kappa shape index (κ2) is 6.62. The van der Waals surface area contributed by atoms with Gasteiger partial charge in [0.05, 0.1) is 0 Å². The highest BCUT2D eigenvalue weighted by atomic mass is 32.2. The van der Waals surface area contributed by atoms with Crippen LogP contribution in [0.25, 0.3) is 0 Å². The lowest BCUT2D eigenvalue weighted by atomic mass is 10.3. The van der Waals surface area contributed by atoms with Crippen molar-refractivity contribution in [1.29, 1.82) is 0 Å². The molecule has 0 saturated heterocycles. The van der Waals surface area contributed by atoms with Crippen LogP contribution in [0.4, 0.5) is 0 Å². The van der Waals surface area contributed by atoms with Crippen molar-refractivity contribution in [2.24, 2.45) is 11.7 Å². The van der Waals surface area contributed by atoms with Crippen LogP contribution in [0.2, 0.25) is 0 Å². The van der Waals surface area contributed by atoms with Gasteiger partial charge in [0, 0.05) is 0 Å². The van der Waals surface area contributed by atoms with Crippen molar-refractivity contribution in [1.82, 2.24) is 9.66 Å². The summed E-state index contributed by atoms with van der Waals surface area (Å²) in [7, 11) is -7.98. The quantitative estimate of drug-likeness (QED) is 0.411. The summed E-state index contributed by atoms with van der Waals surface area (Å²) in [6.07, 6.45) is 0. The molecule has 23 heavy (non-hydrogen) atoms. The molecular weight excluding hydrogens is 344 g/mol. The van der Waals surface area contributed by atoms with E-state index in [1.165, 1.54) is 48.5 Å². The van der Waals surface area contributed by atoms with Gasteiger partial charge in [0.2, 0.25) is 0 Å². The van der Waals surface area contributed by atoms with Crippen LogP contribution in [0.5, 0.6) is 11.5 Å². The van der Waals surface area contributed by atoms with E-state index in [0.29, 0.717) is 0 Å². The fourth-order valence-corrected chi connectivity index (χ4v) is 3.28. The van der Waals surface area contributed by atoms with Gasteiger partial charge in [0.1, 0.15) is 21.3 Å². The number of benzene rings is 2. The zero-order valence-electron chi connectivity index (χ0n) is 11.6. The first kappa shape index (κ1) is 17.3. The first-order chi connectivity index (χ1) is 10.8. The van der Waals surface area contributed by atoms with E-state index in [1.54, 1.807) is 9.66 Å². The number of rotatable bonds is 6. The number of hydrogen-bond donors (Lipinski definition) is 4. The molecule has 9 nitrogen and oxygen atoms in total. The minimum absolute atomic E-state index is 0.0925. The van der Waals surface area contributed by atoms with E-state index < -0.39 is 20.0 Å². The van der Waals surface area contributed by atoms with E-state index in [-0.39, 0.29) is 21.3 Å². The summed E-state index contributed by atoms with van der Waals surface area (Å²) in [6, 6.07) is 11.3. The SMILES string of the molecule is NNS(=O)(=O)c1ccccc1Oc1ccccc1S(=O)(=O)NN. The Morgan fingerprint density at radius 2 is 1.04 bits per heavy atom. The highest BCUT2D eigenvalue weighted by molar-refractivity contribution is 7.89. The molecule has 0 spiro atoms. The highest BCUT2D eigenvalue weighted by Gasteiger charge is 2.22. The van der Waals surface area contributed by atoms with Crippen molar-refractivity contribution < 1.29 is 21.6 Å². The predicted molar refractivity (Wildman–Crippen MR) is 82.0 cm³/mol. The number of para-hydroxylation sites is 2. The second-order valence-corrected chi connectivity index (χ2v) is 7.60. The lowest BCUT2D eigenvalue weighted by molar-refractivity contribution is 0.452. The Labute approximate surface area is 133 Å². The summed E-state index contributed by atoms with van der Waals surface area (Å²) < 4.78 is 53.0. The van der Waals surface area contributed by atoms with Gasteiger partial charge in [-0.2, -0.15) is 0 Å². The fraction of sp³-hybridized carbons (Fsp3) is 0. The van der Waals surface area contributed by atoms with E-state index in [2.05, 4.69) is 0 Å². The van der Waals surface area contributed by atoms with Crippen LogP contribution >= 0.6 is 0 Å². The molecule has 0 heterocycles. The molecule has 2 aromatic carbocycles. The Kier molecular flexibility index (Phi) is 4.99. The van der Waals surface area contributed by atoms with Gasteiger partial charge in [-0.25, -0.2) is 16.8 Å². The number of hydrazine groups is 2. The molecule has 0 aliphatic rings. The molecule has 0 amide bonds. The van der Waals surface area contributed by atoms with Gasteiger partial charge in [0.25, 0.3) is 20.0 Å². The minimum atomic E-state index is -3.99. The van der Waals surface area contributed by atoms with Gasteiger partial charge in [0.15, 0.2) is 0 Å². The lowest BCUT2D eigenvalue weighted by Gasteiger charge is -2.13. The maximum Gasteiger partial charge on any atom is 0.256 e. The number of sulfonamides is 2. The third-order valence-corrected chi connectivity index (χ3v) is 5.26. The molecule has 0 aromatic heterocycles. The Morgan fingerprint density at radius 3 is 1.39 bits per heavy atom. The van der Waals surface area contributed by atoms with E-state index in [0.717, 1.165) is 0 Å². The summed E-state index contributed by atoms with van der Waals surface area (Å²) in [5.41, 5.74) is 0. The molecule has 0 bridgehead atoms. The summed E-state index contributed by atoms with van der Waals surface area (Å²) >= 11 is 0. The molecule has 2 aromatic rings. The topological polar surface area (TPSA) is 154 Å². The van der Waals surface area contributed by atoms with Crippen LogP contribution in [0.1, 0.15) is 0 Å². The van der Waals surface area contributed by atoms with Gasteiger partial charge in [-0.05, 0) is 24.3 Å². The van der Waals surface area contributed by atoms with E-state index in [1.807, 2.05) is 0 Å². The van der Waals surface area contributed by atoms with Crippen LogP contribution in [-0.2, 0) is 20.0 Å². The van der Waals surface area contributed by atoms with Crippen molar-refractivity contribution in [3.63, 3.8) is 0 Å². The third-order valence-electron chi connectivity index (χ3n) is 2.81. The molecule has 2 rings (SSSR count). The maximum absolute atomic E-state index is 11.9. The normalized spacial score (nSPS) is 12.1. The summed E-state index contributed by atoms with van der Waals surface area (Å²) in [4.78, 5) is 2.88. The van der Waals surface area contributed by atoms with Gasteiger partial charge in [-0.15, -0.1) is 9.66 Å². The van der Waals surface area contributed by atoms with E-state index in [9.17, 15) is 16.8 Å². The highest BCUT2D eigenvalue weighted by Crippen LogP contribution is 2.32. The molecule has 0 unspecified atom stereocenters. The Morgan fingerprint density at radius 1 is 0.696 bits per heavy atom. The Bertz CT molecular complexity index is 837. The lowest BCUT2D eigenvalue weighted by Crippen LogP contribution is -2.31. The van der Waals surface area contributed by atoms with Crippen molar-refractivity contribution in [2.45, 2.75) is 9.79 Å². The minimum Gasteiger partial charge on any atom is -0.455 e. The molecular formula is C12H14N4O5S2. The number of nitrogens with two attached hydrogens (primary N) is 2. The van der Waals surface area contributed by atoms with E-state index >= 15 is 0 Å². The molecule has 0 aliphatic carbocycles. The first-order valence-electron chi connectivity index (χ1n) is 6.12. The molecule has 6 N–H and O–H groups in total. The van der Waals surface area contributed by atoms with E-state index in [4.69, 9.17) is 16.4 Å². The molecule has 0 atom stereocenters. The maximum atomic E-state index is 11.9. The van der Waals surface area contributed by atoms with Crippen molar-refractivity contribution >= 4 is 20.0 Å². The molecule has 11 heteroatoms. The van der Waals surface area contributed by atoms with Gasteiger partial charge >= 0.3 is 0 Å². The van der Waals surface area contributed by atoms with Crippen LogP contribution in [0, 0.1) is 0 Å². The zero-order chi connectivity index (χ0) is 17.1. The van der Waals surface area contributed by atoms with Crippen molar-refractivity contribution in [3.8, 4) is 11.5 Å². The van der Waals surface area contributed by atoms with Gasteiger partial charge in [-0.3, -0.25) is 11.7 Å². The predicted octanol–water partition coefficient (Wildman–Crippen LogP) is -0.217. The molecule has 124 valence electrons. The van der Waals surface area contributed by atoms with Crippen molar-refractivity contribution in [2.75, 3.05) is 0 Å². The average Bonchev–Trinajstić information content (AvgIpc) is 2.55. The number of ether oxygens (including phenoxy) is 1. The monoisotopic (exact) mass is 358 g/mol. The van der Waals surface area contributed by atoms with Crippen LogP contribution in [-0.4, -0.2) is 16.8 Å². The summed E-state index contributed by atoms with van der Waals surface area (Å²) in [5.74, 6) is 9.83. The second-order valence-electron chi connectivity index (χ2n) is 4.24. The van der Waals surface area contributed by atoms with Crippen LogP contribution < -0.4 is 26.1 Å². The number of nitrogens with one attached hydrogen (secondary N) is 2. The summed E-state index contributed by atoms with van der Waals surface area (Å²) in [5, 5.41) is 0. The van der Waals surface area contributed by atoms with Crippen molar-refractivity contribution in [3.05, 3.63) is 48.5 Å². The molecule has 0 aliphatic heterocycles. The molecule has 0 radical (unpaired) electrons. The Hall–Kier alpha value is -2.02. The third kappa shape index (κ3) is 3.67. The average molecular weight is 358 g/mol. The fourth-order valence-electron chi connectivity index (χ4n) is 1.76. The van der Waals surface area contributed by atoms with Gasteiger partial charge in [-0.1, -0.05) is 24.3 Å². The van der Waals surface area contributed by atoms with Gasteiger partial charge < -0.3 is 4.74 Å². The summed E-state index contributed by atoms with van der Waals surface area (Å²) in [6.45, 7) is 0. The first-order valence-corrected chi connectivity index (χ1v) is 9.09. The standard InChI is InChI=1S/C12H14N4O5S2/c13-15-22(17,18)11-7-3-1-5-9(11)21-10-6-2-4-8-12(10)23(19,20)16-14/h1-8,15-16H,13-14H2. The largest absolute Gasteiger partial charge is 0.455 e. The zero-order valence-corrected chi connectivity index (χ0v) is 13.3. The molecule has 0 saturated carbocycles.